The lowest BCUT2D eigenvalue weighted by molar-refractivity contribution is -0.136. The number of halogens is 3. The molecule has 0 fully saturated rings. The van der Waals surface area contributed by atoms with Gasteiger partial charge in [-0.3, -0.25) is 9.59 Å². The van der Waals surface area contributed by atoms with Crippen molar-refractivity contribution < 1.29 is 18.4 Å². The first kappa shape index (κ1) is 19.9. The predicted octanol–water partition coefficient (Wildman–Crippen LogP) is 4.04. The van der Waals surface area contributed by atoms with Crippen molar-refractivity contribution in [3.05, 3.63) is 70.2 Å². The number of aromatic nitrogens is 1. The van der Waals surface area contributed by atoms with Crippen molar-refractivity contribution >= 4 is 40.4 Å². The van der Waals surface area contributed by atoms with Gasteiger partial charge in [0.05, 0.1) is 11.4 Å². The minimum Gasteiger partial charge on any atom is -0.347 e. The Kier molecular flexibility index (Phi) is 6.33. The van der Waals surface area contributed by atoms with Gasteiger partial charge in [-0.25, -0.2) is 13.8 Å². The highest BCUT2D eigenvalue weighted by Gasteiger charge is 2.16. The SMILES string of the molecule is O=C(NCCc1csc(-c2ccc(Cl)cc2)n1)C(=O)Nc1ccc(F)cc1F. The van der Waals surface area contributed by atoms with Gasteiger partial charge in [0, 0.05) is 35.0 Å². The van der Waals surface area contributed by atoms with Crippen LogP contribution in [-0.4, -0.2) is 23.3 Å². The van der Waals surface area contributed by atoms with E-state index in [1.807, 2.05) is 17.5 Å². The van der Waals surface area contributed by atoms with Gasteiger partial charge >= 0.3 is 11.8 Å². The molecule has 0 atom stereocenters. The molecule has 0 bridgehead atoms. The molecule has 0 aliphatic heterocycles. The van der Waals surface area contributed by atoms with Crippen molar-refractivity contribution in [3.63, 3.8) is 0 Å². The smallest absolute Gasteiger partial charge is 0.313 e. The molecule has 0 radical (unpaired) electrons. The Morgan fingerprint density at radius 3 is 2.54 bits per heavy atom. The molecule has 3 aromatic rings. The number of hydrogen-bond acceptors (Lipinski definition) is 4. The van der Waals surface area contributed by atoms with E-state index in [2.05, 4.69) is 15.6 Å². The molecule has 2 amide bonds. The number of amides is 2. The van der Waals surface area contributed by atoms with E-state index in [-0.39, 0.29) is 12.2 Å². The van der Waals surface area contributed by atoms with E-state index in [1.165, 1.54) is 11.3 Å². The van der Waals surface area contributed by atoms with E-state index in [9.17, 15) is 18.4 Å². The maximum absolute atomic E-state index is 13.5. The van der Waals surface area contributed by atoms with Gasteiger partial charge in [0.2, 0.25) is 0 Å². The van der Waals surface area contributed by atoms with Crippen LogP contribution in [-0.2, 0) is 16.0 Å². The minimum atomic E-state index is -1.04. The number of rotatable bonds is 5. The standard InChI is InChI=1S/C19H14ClF2N3O2S/c20-12-3-1-11(2-4-12)19-24-14(10-28-19)7-8-23-17(26)18(27)25-16-6-5-13(21)9-15(16)22/h1-6,9-10H,7-8H2,(H,23,26)(H,25,27). The third-order valence-electron chi connectivity index (χ3n) is 3.70. The summed E-state index contributed by atoms with van der Waals surface area (Å²) in [4.78, 5) is 28.1. The van der Waals surface area contributed by atoms with Gasteiger partial charge in [0.15, 0.2) is 0 Å². The molecule has 1 heterocycles. The van der Waals surface area contributed by atoms with Crippen LogP contribution in [0.2, 0.25) is 5.02 Å². The quantitative estimate of drug-likeness (QED) is 0.611. The Labute approximate surface area is 168 Å². The van der Waals surface area contributed by atoms with E-state index in [1.54, 1.807) is 12.1 Å². The van der Waals surface area contributed by atoms with Crippen LogP contribution in [0, 0.1) is 11.6 Å². The molecule has 0 spiro atoms. The van der Waals surface area contributed by atoms with E-state index in [0.29, 0.717) is 17.5 Å². The molecule has 0 aliphatic carbocycles. The maximum Gasteiger partial charge on any atom is 0.313 e. The Bertz CT molecular complexity index is 1010. The lowest BCUT2D eigenvalue weighted by Crippen LogP contribution is -2.36. The van der Waals surface area contributed by atoms with Crippen LogP contribution in [0.4, 0.5) is 14.5 Å². The van der Waals surface area contributed by atoms with Gasteiger partial charge in [-0.15, -0.1) is 11.3 Å². The zero-order valence-electron chi connectivity index (χ0n) is 14.3. The average Bonchev–Trinajstić information content (AvgIpc) is 3.13. The summed E-state index contributed by atoms with van der Waals surface area (Å²) in [6, 6.07) is 9.94. The molecular formula is C19H14ClF2N3O2S. The second kappa shape index (κ2) is 8.90. The van der Waals surface area contributed by atoms with Crippen LogP contribution in [0.1, 0.15) is 5.69 Å². The first-order chi connectivity index (χ1) is 13.4. The van der Waals surface area contributed by atoms with Crippen molar-refractivity contribution in [2.75, 3.05) is 11.9 Å². The summed E-state index contributed by atoms with van der Waals surface area (Å²) < 4.78 is 26.4. The number of hydrogen-bond donors (Lipinski definition) is 2. The summed E-state index contributed by atoms with van der Waals surface area (Å²) in [5.41, 5.74) is 1.43. The van der Waals surface area contributed by atoms with Crippen LogP contribution in [0.25, 0.3) is 10.6 Å². The molecule has 3 rings (SSSR count). The second-order valence-corrected chi connectivity index (χ2v) is 7.03. The first-order valence-electron chi connectivity index (χ1n) is 8.17. The third kappa shape index (κ3) is 5.11. The Morgan fingerprint density at radius 1 is 1.07 bits per heavy atom. The minimum absolute atomic E-state index is 0.182. The van der Waals surface area contributed by atoms with Crippen LogP contribution in [0.5, 0.6) is 0 Å². The van der Waals surface area contributed by atoms with Gasteiger partial charge in [0.25, 0.3) is 0 Å². The van der Waals surface area contributed by atoms with Gasteiger partial charge in [-0.2, -0.15) is 0 Å². The summed E-state index contributed by atoms with van der Waals surface area (Å²) in [7, 11) is 0. The van der Waals surface area contributed by atoms with Gasteiger partial charge in [0.1, 0.15) is 16.6 Å². The van der Waals surface area contributed by atoms with Crippen molar-refractivity contribution in [3.8, 4) is 10.6 Å². The lowest BCUT2D eigenvalue weighted by Gasteiger charge is -2.07. The lowest BCUT2D eigenvalue weighted by atomic mass is 10.2. The number of carbonyl (C=O) groups is 2. The fourth-order valence-electron chi connectivity index (χ4n) is 2.30. The molecule has 0 unspecified atom stereocenters. The van der Waals surface area contributed by atoms with Crippen molar-refractivity contribution in [2.45, 2.75) is 6.42 Å². The molecule has 5 nitrogen and oxygen atoms in total. The molecule has 9 heteroatoms. The van der Waals surface area contributed by atoms with Crippen molar-refractivity contribution in [1.29, 1.82) is 0 Å². The highest BCUT2D eigenvalue weighted by atomic mass is 35.5. The van der Waals surface area contributed by atoms with Crippen LogP contribution >= 0.6 is 22.9 Å². The number of anilines is 1. The van der Waals surface area contributed by atoms with Crippen LogP contribution in [0.15, 0.2) is 47.8 Å². The van der Waals surface area contributed by atoms with Gasteiger partial charge in [-0.05, 0) is 24.3 Å². The number of thiazole rings is 1. The first-order valence-corrected chi connectivity index (χ1v) is 9.43. The molecule has 28 heavy (non-hydrogen) atoms. The van der Waals surface area contributed by atoms with E-state index >= 15 is 0 Å². The molecule has 144 valence electrons. The predicted molar refractivity (Wildman–Crippen MR) is 104 cm³/mol. The Hall–Kier alpha value is -2.84. The number of carbonyl (C=O) groups excluding carboxylic acids is 2. The van der Waals surface area contributed by atoms with E-state index in [4.69, 9.17) is 11.6 Å². The van der Waals surface area contributed by atoms with Crippen LogP contribution in [0.3, 0.4) is 0 Å². The Morgan fingerprint density at radius 2 is 1.82 bits per heavy atom. The topological polar surface area (TPSA) is 71.1 Å². The fraction of sp³-hybridized carbons (Fsp3) is 0.105. The monoisotopic (exact) mass is 421 g/mol. The molecular weight excluding hydrogens is 408 g/mol. The summed E-state index contributed by atoms with van der Waals surface area (Å²) in [5, 5.41) is 7.86. The normalized spacial score (nSPS) is 10.5. The zero-order chi connectivity index (χ0) is 20.1. The van der Waals surface area contributed by atoms with Gasteiger partial charge < -0.3 is 10.6 Å². The number of nitrogens with one attached hydrogen (secondary N) is 2. The summed E-state index contributed by atoms with van der Waals surface area (Å²) in [5.74, 6) is -3.69. The number of benzene rings is 2. The van der Waals surface area contributed by atoms with Crippen LogP contribution < -0.4 is 10.6 Å². The van der Waals surface area contributed by atoms with Crippen molar-refractivity contribution in [2.24, 2.45) is 0 Å². The fourth-order valence-corrected chi connectivity index (χ4v) is 3.29. The molecule has 2 N–H and O–H groups in total. The Balaban J connectivity index is 1.50. The molecule has 2 aromatic carbocycles. The highest BCUT2D eigenvalue weighted by Crippen LogP contribution is 2.25. The third-order valence-corrected chi connectivity index (χ3v) is 4.89. The maximum atomic E-state index is 13.5. The largest absolute Gasteiger partial charge is 0.347 e. The summed E-state index contributed by atoms with van der Waals surface area (Å²) >= 11 is 7.33. The average molecular weight is 422 g/mol. The summed E-state index contributed by atoms with van der Waals surface area (Å²) in [6.07, 6.45) is 0.425. The zero-order valence-corrected chi connectivity index (χ0v) is 15.9. The van der Waals surface area contributed by atoms with Gasteiger partial charge in [-0.1, -0.05) is 23.7 Å². The summed E-state index contributed by atoms with van der Waals surface area (Å²) in [6.45, 7) is 0.182. The van der Waals surface area contributed by atoms with E-state index in [0.717, 1.165) is 28.4 Å². The molecule has 1 aromatic heterocycles. The van der Waals surface area contributed by atoms with Crippen molar-refractivity contribution in [1.82, 2.24) is 10.3 Å². The number of nitrogens with zero attached hydrogens (tertiary/aromatic N) is 1. The molecule has 0 saturated heterocycles. The molecule has 0 aliphatic rings. The van der Waals surface area contributed by atoms with E-state index < -0.39 is 23.4 Å². The molecule has 0 saturated carbocycles. The highest BCUT2D eigenvalue weighted by molar-refractivity contribution is 7.13. The second-order valence-electron chi connectivity index (χ2n) is 5.74.